The number of nitrogens with two attached hydrogens (primary N) is 1. The summed E-state index contributed by atoms with van der Waals surface area (Å²) in [4.78, 5) is 29.3. The fraction of sp³-hybridized carbons (Fsp3) is 0.231. The maximum atomic E-state index is 15.1. The van der Waals surface area contributed by atoms with Gasteiger partial charge in [0.15, 0.2) is 5.82 Å². The fourth-order valence-electron chi connectivity index (χ4n) is 4.35. The van der Waals surface area contributed by atoms with Gasteiger partial charge in [0.25, 0.3) is 5.91 Å². The highest BCUT2D eigenvalue weighted by Gasteiger charge is 2.31. The second kappa shape index (κ2) is 11.6. The maximum absolute atomic E-state index is 15.1. The lowest BCUT2D eigenvalue weighted by molar-refractivity contribution is -0.137. The van der Waals surface area contributed by atoms with Crippen molar-refractivity contribution in [3.8, 4) is 11.1 Å². The number of anilines is 3. The molecule has 3 heterocycles. The van der Waals surface area contributed by atoms with Gasteiger partial charge in [0.1, 0.15) is 29.2 Å². The Hall–Kier alpha value is -4.83. The highest BCUT2D eigenvalue weighted by Crippen LogP contribution is 2.33. The van der Waals surface area contributed by atoms with E-state index in [4.69, 9.17) is 10.5 Å². The molecule has 0 bridgehead atoms. The van der Waals surface area contributed by atoms with E-state index < -0.39 is 41.0 Å². The highest BCUT2D eigenvalue weighted by molar-refractivity contribution is 6.01. The lowest BCUT2D eigenvalue weighted by Gasteiger charge is -2.23. The number of carbonyl (C=O) groups is 2. The number of fused-ring (bicyclic) bond motifs is 1. The van der Waals surface area contributed by atoms with E-state index >= 15 is 4.39 Å². The van der Waals surface area contributed by atoms with Gasteiger partial charge >= 0.3 is 12.2 Å². The van der Waals surface area contributed by atoms with Gasteiger partial charge in [-0.15, -0.1) is 0 Å². The summed E-state index contributed by atoms with van der Waals surface area (Å²) >= 11 is 0. The molecule has 42 heavy (non-hydrogen) atoms. The number of amides is 3. The molecule has 0 spiro atoms. The summed E-state index contributed by atoms with van der Waals surface area (Å²) in [5.41, 5.74) is 4.69. The van der Waals surface area contributed by atoms with Gasteiger partial charge in [0.2, 0.25) is 0 Å². The standard InChI is InChI=1S/C26H23F5N8O3/c27-17-3-2-14(26(29,30)31)8-20(17)38-25(41)37-19-4-1-13(7-18(19)28)16-9-21(39-22(16)23(32)35-12-36-39)24(40)34-11-15-10-33-5-6-42-15/h1-4,7-9,12,15,33H,5-6,10-11H2,(H,34,40)(H2,32,35,36)(H2,37,38,41). The molecule has 220 valence electrons. The Balaban J connectivity index is 1.36. The Morgan fingerprint density at radius 2 is 1.86 bits per heavy atom. The molecule has 0 radical (unpaired) electrons. The van der Waals surface area contributed by atoms with E-state index in [1.807, 2.05) is 5.32 Å². The van der Waals surface area contributed by atoms with Gasteiger partial charge in [0.05, 0.1) is 29.6 Å². The number of hydrogen-bond acceptors (Lipinski definition) is 7. The van der Waals surface area contributed by atoms with Gasteiger partial charge in [-0.25, -0.2) is 23.1 Å². The molecule has 2 aromatic heterocycles. The number of nitrogens with one attached hydrogen (secondary N) is 4. The first kappa shape index (κ1) is 28.7. The number of hydrogen-bond donors (Lipinski definition) is 5. The van der Waals surface area contributed by atoms with Gasteiger partial charge in [-0.05, 0) is 42.0 Å². The van der Waals surface area contributed by atoms with Crippen LogP contribution in [-0.2, 0) is 10.9 Å². The van der Waals surface area contributed by atoms with Crippen molar-refractivity contribution in [2.75, 3.05) is 42.6 Å². The summed E-state index contributed by atoms with van der Waals surface area (Å²) in [5.74, 6) is -2.52. The Morgan fingerprint density at radius 3 is 2.57 bits per heavy atom. The van der Waals surface area contributed by atoms with Crippen LogP contribution in [-0.4, -0.2) is 58.9 Å². The molecule has 1 atom stereocenters. The minimum Gasteiger partial charge on any atom is -0.382 e. The number of urea groups is 1. The van der Waals surface area contributed by atoms with E-state index in [0.717, 1.165) is 18.9 Å². The molecule has 11 nitrogen and oxygen atoms in total. The number of nitrogen functional groups attached to an aromatic ring is 1. The third-order valence-corrected chi connectivity index (χ3v) is 6.38. The van der Waals surface area contributed by atoms with Gasteiger partial charge < -0.3 is 31.7 Å². The Kier molecular flexibility index (Phi) is 7.91. The summed E-state index contributed by atoms with van der Waals surface area (Å²) in [6, 6.07) is 5.43. The van der Waals surface area contributed by atoms with Crippen molar-refractivity contribution in [1.82, 2.24) is 25.2 Å². The average Bonchev–Trinajstić information content (AvgIpc) is 3.35. The minimum absolute atomic E-state index is 0.0176. The molecule has 1 unspecified atom stereocenters. The number of nitrogens with zero attached hydrogens (tertiary/aromatic N) is 3. The largest absolute Gasteiger partial charge is 0.416 e. The topological polar surface area (TPSA) is 148 Å². The molecule has 1 aliphatic heterocycles. The summed E-state index contributed by atoms with van der Waals surface area (Å²) in [6.07, 6.45) is -3.82. The minimum atomic E-state index is -4.76. The van der Waals surface area contributed by atoms with Crippen LogP contribution in [0.5, 0.6) is 0 Å². The van der Waals surface area contributed by atoms with Gasteiger partial charge in [0, 0.05) is 25.2 Å². The number of ether oxygens (including phenoxy) is 1. The van der Waals surface area contributed by atoms with Crippen molar-refractivity contribution >= 4 is 34.6 Å². The van der Waals surface area contributed by atoms with Crippen LogP contribution >= 0.6 is 0 Å². The quantitative estimate of drug-likeness (QED) is 0.216. The van der Waals surface area contributed by atoms with Crippen LogP contribution in [0.15, 0.2) is 48.8 Å². The zero-order valence-electron chi connectivity index (χ0n) is 21.6. The molecule has 3 amide bonds. The molecule has 1 saturated heterocycles. The van der Waals surface area contributed by atoms with Crippen LogP contribution in [0.25, 0.3) is 16.6 Å². The van der Waals surface area contributed by atoms with Crippen molar-refractivity contribution in [3.05, 3.63) is 71.7 Å². The molecule has 2 aromatic carbocycles. The normalized spacial score (nSPS) is 15.4. The Labute approximate surface area is 234 Å². The van der Waals surface area contributed by atoms with Gasteiger partial charge in [-0.1, -0.05) is 6.07 Å². The first-order valence-electron chi connectivity index (χ1n) is 12.5. The smallest absolute Gasteiger partial charge is 0.382 e. The van der Waals surface area contributed by atoms with Crippen LogP contribution in [0.4, 0.5) is 43.9 Å². The third-order valence-electron chi connectivity index (χ3n) is 6.38. The molecular formula is C26H23F5N8O3. The lowest BCUT2D eigenvalue weighted by atomic mass is 10.1. The van der Waals surface area contributed by atoms with E-state index in [9.17, 15) is 27.2 Å². The molecule has 1 aliphatic rings. The second-order valence-electron chi connectivity index (χ2n) is 9.22. The predicted molar refractivity (Wildman–Crippen MR) is 142 cm³/mol. The molecule has 4 aromatic rings. The van der Waals surface area contributed by atoms with Crippen molar-refractivity contribution < 1.29 is 36.3 Å². The van der Waals surface area contributed by atoms with E-state index in [2.05, 4.69) is 26.0 Å². The van der Waals surface area contributed by atoms with E-state index in [-0.39, 0.29) is 40.9 Å². The van der Waals surface area contributed by atoms with Crippen LogP contribution < -0.4 is 27.0 Å². The molecule has 0 saturated carbocycles. The van der Waals surface area contributed by atoms with Crippen LogP contribution in [0.3, 0.4) is 0 Å². The summed E-state index contributed by atoms with van der Waals surface area (Å²) in [6.45, 7) is 2.04. The highest BCUT2D eigenvalue weighted by atomic mass is 19.4. The van der Waals surface area contributed by atoms with Gasteiger partial charge in [-0.3, -0.25) is 4.79 Å². The van der Waals surface area contributed by atoms with Gasteiger partial charge in [-0.2, -0.15) is 18.3 Å². The predicted octanol–water partition coefficient (Wildman–Crippen LogP) is 3.64. The van der Waals surface area contributed by atoms with E-state index in [1.54, 1.807) is 0 Å². The zero-order chi connectivity index (χ0) is 30.0. The number of carbonyl (C=O) groups excluding carboxylic acids is 2. The monoisotopic (exact) mass is 590 g/mol. The summed E-state index contributed by atoms with van der Waals surface area (Å²) < 4.78 is 74.8. The Morgan fingerprint density at radius 1 is 1.07 bits per heavy atom. The number of morpholine rings is 1. The first-order chi connectivity index (χ1) is 20.0. The molecule has 5 rings (SSSR count). The van der Waals surface area contributed by atoms with Crippen molar-refractivity contribution in [2.24, 2.45) is 0 Å². The SMILES string of the molecule is Nc1ncnn2c(C(=O)NCC3CNCCO3)cc(-c3ccc(NC(=O)Nc4cc(C(F)(F)F)ccc4F)c(F)c3)c12. The first-order valence-corrected chi connectivity index (χ1v) is 12.5. The van der Waals surface area contributed by atoms with Crippen LogP contribution in [0.2, 0.25) is 0 Å². The van der Waals surface area contributed by atoms with Crippen molar-refractivity contribution in [3.63, 3.8) is 0 Å². The number of aromatic nitrogens is 3. The maximum Gasteiger partial charge on any atom is 0.416 e. The number of benzene rings is 2. The van der Waals surface area contributed by atoms with Crippen molar-refractivity contribution in [2.45, 2.75) is 12.3 Å². The summed E-state index contributed by atoms with van der Waals surface area (Å²) in [5, 5.41) is 14.1. The number of rotatable bonds is 6. The fourth-order valence-corrected chi connectivity index (χ4v) is 4.35. The molecular weight excluding hydrogens is 567 g/mol. The summed E-state index contributed by atoms with van der Waals surface area (Å²) in [7, 11) is 0. The molecule has 0 aliphatic carbocycles. The van der Waals surface area contributed by atoms with E-state index in [1.165, 1.54) is 22.7 Å². The third kappa shape index (κ3) is 6.08. The van der Waals surface area contributed by atoms with Crippen LogP contribution in [0, 0.1) is 11.6 Å². The van der Waals surface area contributed by atoms with Crippen LogP contribution in [0.1, 0.15) is 16.1 Å². The van der Waals surface area contributed by atoms with E-state index in [0.29, 0.717) is 36.9 Å². The second-order valence-corrected chi connectivity index (χ2v) is 9.22. The average molecular weight is 591 g/mol. The number of halogens is 5. The van der Waals surface area contributed by atoms with Crippen molar-refractivity contribution in [1.29, 1.82) is 0 Å². The zero-order valence-corrected chi connectivity index (χ0v) is 21.6. The Bertz CT molecular complexity index is 1650. The molecule has 16 heteroatoms. The molecule has 1 fully saturated rings. The molecule has 6 N–H and O–H groups in total. The lowest BCUT2D eigenvalue weighted by Crippen LogP contribution is -2.45. The number of alkyl halides is 3.